The van der Waals surface area contributed by atoms with Crippen molar-refractivity contribution in [1.82, 2.24) is 10.4 Å². The largest absolute Gasteiger partial charge is 0.366 e. The molecule has 1 unspecified atom stereocenters. The zero-order valence-corrected chi connectivity index (χ0v) is 16.0. The van der Waals surface area contributed by atoms with Crippen LogP contribution in [0.25, 0.3) is 22.0 Å². The molecule has 1 saturated heterocycles. The molecule has 1 atom stereocenters. The van der Waals surface area contributed by atoms with Gasteiger partial charge in [-0.15, -0.1) is 0 Å². The highest BCUT2D eigenvalue weighted by Crippen LogP contribution is 2.36. The van der Waals surface area contributed by atoms with Gasteiger partial charge in [0.1, 0.15) is 5.69 Å². The number of benzene rings is 2. The van der Waals surface area contributed by atoms with Gasteiger partial charge in [-0.1, -0.05) is 41.9 Å². The van der Waals surface area contributed by atoms with E-state index in [0.29, 0.717) is 23.8 Å². The van der Waals surface area contributed by atoms with Gasteiger partial charge in [-0.25, -0.2) is 5.84 Å². The molecule has 1 aromatic heterocycles. The second-order valence-electron chi connectivity index (χ2n) is 7.03. The number of amides is 1. The maximum Gasteiger partial charge on any atom is 0.272 e. The molecule has 1 aliphatic rings. The number of nitrogens with one attached hydrogen (secondary N) is 2. The number of hydrogen-bond acceptors (Lipinski definition) is 4. The van der Waals surface area contributed by atoms with E-state index in [4.69, 9.17) is 17.4 Å². The molecule has 2 aromatic carbocycles. The quantitative estimate of drug-likeness (QED) is 0.360. The number of H-pyrrole nitrogens is 1. The van der Waals surface area contributed by atoms with Gasteiger partial charge < -0.3 is 9.88 Å². The molecule has 0 spiro atoms. The second-order valence-corrected chi connectivity index (χ2v) is 7.46. The van der Waals surface area contributed by atoms with E-state index in [0.717, 1.165) is 34.9 Å². The van der Waals surface area contributed by atoms with Crippen LogP contribution in [0, 0.1) is 5.92 Å². The maximum atomic E-state index is 13.1. The third-order valence-corrected chi connectivity index (χ3v) is 5.50. The van der Waals surface area contributed by atoms with Gasteiger partial charge >= 0.3 is 0 Å². The lowest BCUT2D eigenvalue weighted by Crippen LogP contribution is -2.46. The molecule has 0 aliphatic carbocycles. The van der Waals surface area contributed by atoms with E-state index in [1.54, 1.807) is 6.07 Å². The molecule has 0 bridgehead atoms. The van der Waals surface area contributed by atoms with Gasteiger partial charge in [-0.3, -0.25) is 15.0 Å². The fourth-order valence-electron chi connectivity index (χ4n) is 3.97. The summed E-state index contributed by atoms with van der Waals surface area (Å²) in [6, 6.07) is 15.2. The van der Waals surface area contributed by atoms with Gasteiger partial charge in [0.15, 0.2) is 0 Å². The van der Waals surface area contributed by atoms with Gasteiger partial charge in [0.05, 0.1) is 5.92 Å². The van der Waals surface area contributed by atoms with Gasteiger partial charge in [-0.05, 0) is 36.6 Å². The number of piperidine rings is 1. The van der Waals surface area contributed by atoms with Crippen LogP contribution in [0.5, 0.6) is 0 Å². The minimum atomic E-state index is -0.253. The first-order valence-electron chi connectivity index (χ1n) is 9.25. The van der Waals surface area contributed by atoms with Crippen molar-refractivity contribution in [2.45, 2.75) is 12.8 Å². The minimum absolute atomic E-state index is 0.178. The lowest BCUT2D eigenvalue weighted by Gasteiger charge is -2.34. The second kappa shape index (κ2) is 7.66. The van der Waals surface area contributed by atoms with E-state index >= 15 is 0 Å². The van der Waals surface area contributed by atoms with E-state index in [1.165, 1.54) is 0 Å². The van der Waals surface area contributed by atoms with Gasteiger partial charge in [0.25, 0.3) is 5.56 Å². The molecule has 3 aromatic rings. The Hall–Kier alpha value is -2.83. The highest BCUT2D eigenvalue weighted by molar-refractivity contribution is 6.31. The van der Waals surface area contributed by atoms with E-state index in [-0.39, 0.29) is 17.4 Å². The number of hydrogen-bond donors (Lipinski definition) is 3. The Labute approximate surface area is 167 Å². The Balaban J connectivity index is 1.94. The molecule has 144 valence electrons. The van der Waals surface area contributed by atoms with E-state index in [1.807, 2.05) is 47.4 Å². The summed E-state index contributed by atoms with van der Waals surface area (Å²) in [6.07, 6.45) is 1.55. The van der Waals surface area contributed by atoms with E-state index in [9.17, 15) is 9.59 Å². The molecular weight excluding hydrogens is 376 g/mol. The normalized spacial score (nSPS) is 16.9. The van der Waals surface area contributed by atoms with Gasteiger partial charge in [0, 0.05) is 34.6 Å². The molecule has 0 radical (unpaired) electrons. The highest BCUT2D eigenvalue weighted by Gasteiger charge is 2.29. The SMILES string of the molecule is NNC(=O)C1CCCN(c2c(-c3ccccc3)c3cc(Cl)ccc3[nH]c2=O)C1. The summed E-state index contributed by atoms with van der Waals surface area (Å²) in [5.41, 5.74) is 5.11. The predicted molar refractivity (Wildman–Crippen MR) is 112 cm³/mol. The van der Waals surface area contributed by atoms with Crippen LogP contribution in [0.3, 0.4) is 0 Å². The first-order chi connectivity index (χ1) is 13.6. The Morgan fingerprint density at radius 1 is 1.21 bits per heavy atom. The molecular formula is C21H21ClN4O2. The summed E-state index contributed by atoms with van der Waals surface area (Å²) in [6.45, 7) is 1.14. The number of aromatic nitrogens is 1. The van der Waals surface area contributed by atoms with Crippen LogP contribution < -0.4 is 21.7 Å². The monoisotopic (exact) mass is 396 g/mol. The number of rotatable bonds is 3. The average molecular weight is 397 g/mol. The number of halogens is 1. The maximum absolute atomic E-state index is 13.1. The summed E-state index contributed by atoms with van der Waals surface area (Å²) in [4.78, 5) is 30.1. The Kier molecular flexibility index (Phi) is 5.07. The first kappa shape index (κ1) is 18.5. The first-order valence-corrected chi connectivity index (χ1v) is 9.62. The summed E-state index contributed by atoms with van der Waals surface area (Å²) in [5.74, 6) is 4.87. The Morgan fingerprint density at radius 2 is 2.00 bits per heavy atom. The lowest BCUT2D eigenvalue weighted by molar-refractivity contribution is -0.125. The highest BCUT2D eigenvalue weighted by atomic mass is 35.5. The van der Waals surface area contributed by atoms with Crippen LogP contribution in [0.15, 0.2) is 53.3 Å². The number of nitrogens with two attached hydrogens (primary N) is 1. The minimum Gasteiger partial charge on any atom is -0.366 e. The smallest absolute Gasteiger partial charge is 0.272 e. The Bertz CT molecular complexity index is 1080. The fraction of sp³-hybridized carbons (Fsp3) is 0.238. The van der Waals surface area contributed by atoms with Crippen molar-refractivity contribution in [3.05, 3.63) is 63.9 Å². The summed E-state index contributed by atoms with van der Waals surface area (Å²) in [7, 11) is 0. The Morgan fingerprint density at radius 3 is 2.75 bits per heavy atom. The lowest BCUT2D eigenvalue weighted by atomic mass is 9.94. The van der Waals surface area contributed by atoms with Gasteiger partial charge in [-0.2, -0.15) is 0 Å². The van der Waals surface area contributed by atoms with Crippen LogP contribution >= 0.6 is 11.6 Å². The molecule has 2 heterocycles. The third-order valence-electron chi connectivity index (χ3n) is 5.26. The van der Waals surface area contributed by atoms with Crippen molar-refractivity contribution in [2.24, 2.45) is 11.8 Å². The number of hydrazine groups is 1. The zero-order valence-electron chi connectivity index (χ0n) is 15.2. The molecule has 4 rings (SSSR count). The number of fused-ring (bicyclic) bond motifs is 1. The molecule has 0 saturated carbocycles. The van der Waals surface area contributed by atoms with Crippen molar-refractivity contribution >= 4 is 34.1 Å². The van der Waals surface area contributed by atoms with Crippen LogP contribution in [-0.4, -0.2) is 24.0 Å². The van der Waals surface area contributed by atoms with E-state index in [2.05, 4.69) is 10.4 Å². The molecule has 1 fully saturated rings. The molecule has 7 heteroatoms. The summed E-state index contributed by atoms with van der Waals surface area (Å²) in [5, 5.41) is 1.47. The molecule has 4 N–H and O–H groups in total. The summed E-state index contributed by atoms with van der Waals surface area (Å²) >= 11 is 6.27. The number of carbonyl (C=O) groups excluding carboxylic acids is 1. The zero-order chi connectivity index (χ0) is 19.7. The van der Waals surface area contributed by atoms with Crippen LogP contribution in [-0.2, 0) is 4.79 Å². The van der Waals surface area contributed by atoms with Crippen LogP contribution in [0.4, 0.5) is 5.69 Å². The number of anilines is 1. The van der Waals surface area contributed by atoms with Crippen molar-refractivity contribution in [2.75, 3.05) is 18.0 Å². The third kappa shape index (κ3) is 3.37. The van der Waals surface area contributed by atoms with Crippen molar-refractivity contribution < 1.29 is 4.79 Å². The van der Waals surface area contributed by atoms with Crippen molar-refractivity contribution in [3.8, 4) is 11.1 Å². The fourth-order valence-corrected chi connectivity index (χ4v) is 4.14. The van der Waals surface area contributed by atoms with Crippen molar-refractivity contribution in [3.63, 3.8) is 0 Å². The molecule has 1 aliphatic heterocycles. The standard InChI is InChI=1S/C21H21ClN4O2/c22-15-8-9-17-16(11-15)18(13-5-2-1-3-6-13)19(21(28)24-17)26-10-4-7-14(12-26)20(27)25-23/h1-3,5-6,8-9,11,14H,4,7,10,12,23H2,(H,24,28)(H,25,27). The predicted octanol–water partition coefficient (Wildman–Crippen LogP) is 3.05. The van der Waals surface area contributed by atoms with Crippen molar-refractivity contribution in [1.29, 1.82) is 0 Å². The molecule has 1 amide bonds. The summed E-state index contributed by atoms with van der Waals surface area (Å²) < 4.78 is 0. The van der Waals surface area contributed by atoms with Crippen LogP contribution in [0.2, 0.25) is 5.02 Å². The molecule has 6 nitrogen and oxygen atoms in total. The van der Waals surface area contributed by atoms with E-state index < -0.39 is 0 Å². The van der Waals surface area contributed by atoms with Gasteiger partial charge in [0.2, 0.25) is 5.91 Å². The number of pyridine rings is 1. The molecule has 28 heavy (non-hydrogen) atoms. The number of nitrogens with zero attached hydrogens (tertiary/aromatic N) is 1. The number of aromatic amines is 1. The van der Waals surface area contributed by atoms with Crippen LogP contribution in [0.1, 0.15) is 12.8 Å². The number of carbonyl (C=O) groups is 1. The topological polar surface area (TPSA) is 91.2 Å². The average Bonchev–Trinajstić information content (AvgIpc) is 2.73.